The predicted molar refractivity (Wildman–Crippen MR) is 137 cm³/mol. The Labute approximate surface area is 219 Å². The zero-order valence-corrected chi connectivity index (χ0v) is 21.8. The maximum Gasteiger partial charge on any atom is 0.245 e. The summed E-state index contributed by atoms with van der Waals surface area (Å²) in [6.45, 7) is 2.05. The van der Waals surface area contributed by atoms with Crippen LogP contribution in [0.15, 0.2) is 59.1 Å². The first-order valence-electron chi connectivity index (χ1n) is 11.5. The zero-order valence-electron chi connectivity index (χ0n) is 19.5. The molecule has 0 aliphatic heterocycles. The minimum absolute atomic E-state index is 0.00726. The van der Waals surface area contributed by atoms with E-state index in [0.717, 1.165) is 29.8 Å². The second-order valence-corrected chi connectivity index (χ2v) is 12.1. The fourth-order valence-corrected chi connectivity index (χ4v) is 7.53. The standard InChI is InChI=1S/C26H23Cl2FN4O2S/c1-26-14-17-15-31-33(21-9-7-20(29)8-10-21)23(17)13-18(26)5-6-19(26)16-32(12-11-30)36(34,35)24-4-2-3-22(27)25(24)28/h2-4,7-10,13,15,19H,5-6,12,14,16H2,1H3/t19-,26+/m1/s1. The van der Waals surface area contributed by atoms with Crippen LogP contribution in [0.3, 0.4) is 0 Å². The Morgan fingerprint density at radius 3 is 2.72 bits per heavy atom. The Morgan fingerprint density at radius 2 is 2.00 bits per heavy atom. The van der Waals surface area contributed by atoms with Crippen molar-refractivity contribution >= 4 is 39.3 Å². The second-order valence-electron chi connectivity index (χ2n) is 9.45. The number of benzene rings is 2. The van der Waals surface area contributed by atoms with Crippen LogP contribution in [0.5, 0.6) is 0 Å². The molecule has 3 aromatic rings. The fraction of sp³-hybridized carbons (Fsp3) is 0.308. The van der Waals surface area contributed by atoms with Gasteiger partial charge in [0.2, 0.25) is 10.0 Å². The van der Waals surface area contributed by atoms with Gasteiger partial charge in [0.1, 0.15) is 17.3 Å². The summed E-state index contributed by atoms with van der Waals surface area (Å²) in [5.74, 6) is -0.313. The van der Waals surface area contributed by atoms with E-state index in [-0.39, 0.29) is 45.2 Å². The third-order valence-corrected chi connectivity index (χ3v) is 10.2. The maximum absolute atomic E-state index is 13.5. The molecule has 186 valence electrons. The quantitative estimate of drug-likeness (QED) is 0.362. The number of allylic oxidation sites excluding steroid dienone is 1. The molecule has 1 fully saturated rings. The number of sulfonamides is 1. The molecule has 0 amide bonds. The summed E-state index contributed by atoms with van der Waals surface area (Å²) in [5.41, 5.74) is 3.72. The number of rotatable bonds is 6. The number of nitrogens with zero attached hydrogens (tertiary/aromatic N) is 4. The maximum atomic E-state index is 13.5. The van der Waals surface area contributed by atoms with Gasteiger partial charge in [0.25, 0.3) is 0 Å². The molecule has 10 heteroatoms. The van der Waals surface area contributed by atoms with Crippen LogP contribution in [0, 0.1) is 28.5 Å². The Morgan fingerprint density at radius 1 is 1.25 bits per heavy atom. The number of fused-ring (bicyclic) bond motifs is 2. The van der Waals surface area contributed by atoms with E-state index in [1.54, 1.807) is 12.1 Å². The van der Waals surface area contributed by atoms with Crippen LogP contribution >= 0.6 is 23.2 Å². The van der Waals surface area contributed by atoms with Crippen LogP contribution < -0.4 is 0 Å². The molecule has 0 radical (unpaired) electrons. The van der Waals surface area contributed by atoms with Gasteiger partial charge in [-0.2, -0.15) is 14.7 Å². The van der Waals surface area contributed by atoms with Gasteiger partial charge in [-0.15, -0.1) is 0 Å². The summed E-state index contributed by atoms with van der Waals surface area (Å²) in [7, 11) is -4.04. The average molecular weight is 545 g/mol. The molecular formula is C26H23Cl2FN4O2S. The van der Waals surface area contributed by atoms with Gasteiger partial charge in [-0.3, -0.25) is 0 Å². The monoisotopic (exact) mass is 544 g/mol. The molecular weight excluding hydrogens is 522 g/mol. The highest BCUT2D eigenvalue weighted by molar-refractivity contribution is 7.89. The van der Waals surface area contributed by atoms with E-state index >= 15 is 0 Å². The van der Waals surface area contributed by atoms with E-state index in [9.17, 15) is 18.1 Å². The molecule has 36 heavy (non-hydrogen) atoms. The predicted octanol–water partition coefficient (Wildman–Crippen LogP) is 5.89. The Hall–Kier alpha value is -2.70. The first kappa shape index (κ1) is 25.0. The average Bonchev–Trinajstić information content (AvgIpc) is 3.39. The first-order chi connectivity index (χ1) is 17.1. The second kappa shape index (κ2) is 9.31. The van der Waals surface area contributed by atoms with Gasteiger partial charge < -0.3 is 0 Å². The van der Waals surface area contributed by atoms with Gasteiger partial charge in [0, 0.05) is 6.54 Å². The summed E-state index contributed by atoms with van der Waals surface area (Å²) in [6, 6.07) is 12.7. The largest absolute Gasteiger partial charge is 0.245 e. The molecule has 5 rings (SSSR count). The number of hydrogen-bond donors (Lipinski definition) is 0. The van der Waals surface area contributed by atoms with Crippen LogP contribution in [0.25, 0.3) is 11.8 Å². The van der Waals surface area contributed by atoms with Gasteiger partial charge >= 0.3 is 0 Å². The third kappa shape index (κ3) is 4.14. The van der Waals surface area contributed by atoms with Crippen LogP contribution in [-0.2, 0) is 16.4 Å². The summed E-state index contributed by atoms with van der Waals surface area (Å²) in [4.78, 5) is -0.0997. The molecule has 2 aromatic carbocycles. The van der Waals surface area contributed by atoms with Gasteiger partial charge in [-0.1, -0.05) is 41.8 Å². The van der Waals surface area contributed by atoms with Crippen LogP contribution in [0.2, 0.25) is 10.0 Å². The van der Waals surface area contributed by atoms with Crippen LogP contribution in [0.4, 0.5) is 4.39 Å². The number of nitriles is 1. The topological polar surface area (TPSA) is 79.0 Å². The molecule has 1 aromatic heterocycles. The Balaban J connectivity index is 1.45. The van der Waals surface area contributed by atoms with Crippen molar-refractivity contribution in [3.05, 3.63) is 81.4 Å². The Kier molecular flexibility index (Phi) is 6.46. The van der Waals surface area contributed by atoms with Crippen LogP contribution in [0.1, 0.15) is 31.0 Å². The molecule has 0 spiro atoms. The molecule has 0 bridgehead atoms. The molecule has 2 aliphatic carbocycles. The highest BCUT2D eigenvalue weighted by Crippen LogP contribution is 2.53. The van der Waals surface area contributed by atoms with Crippen molar-refractivity contribution in [2.45, 2.75) is 31.1 Å². The van der Waals surface area contributed by atoms with Gasteiger partial charge in [-0.25, -0.2) is 17.5 Å². The minimum atomic E-state index is -4.04. The van der Waals surface area contributed by atoms with Crippen LogP contribution in [-0.4, -0.2) is 35.6 Å². The van der Waals surface area contributed by atoms with Crippen molar-refractivity contribution in [2.24, 2.45) is 11.3 Å². The van der Waals surface area contributed by atoms with E-state index in [1.165, 1.54) is 40.2 Å². The molecule has 0 saturated heterocycles. The van der Waals surface area contributed by atoms with Crippen molar-refractivity contribution in [3.63, 3.8) is 0 Å². The van der Waals surface area contributed by atoms with Crippen molar-refractivity contribution in [3.8, 4) is 11.8 Å². The molecule has 1 saturated carbocycles. The molecule has 2 aliphatic rings. The molecule has 0 N–H and O–H groups in total. The van der Waals surface area contributed by atoms with Crippen molar-refractivity contribution in [1.82, 2.24) is 14.1 Å². The van der Waals surface area contributed by atoms with Crippen molar-refractivity contribution in [1.29, 1.82) is 5.26 Å². The molecule has 2 atom stereocenters. The number of aromatic nitrogens is 2. The highest BCUT2D eigenvalue weighted by atomic mass is 35.5. The van der Waals surface area contributed by atoms with Crippen molar-refractivity contribution in [2.75, 3.05) is 13.1 Å². The van der Waals surface area contributed by atoms with Gasteiger partial charge in [0.15, 0.2) is 0 Å². The summed E-state index contributed by atoms with van der Waals surface area (Å²) in [5, 5.41) is 14.1. The number of hydrogen-bond acceptors (Lipinski definition) is 4. The third-order valence-electron chi connectivity index (χ3n) is 7.43. The summed E-state index contributed by atoms with van der Waals surface area (Å²) >= 11 is 12.3. The van der Waals surface area contributed by atoms with Gasteiger partial charge in [0.05, 0.1) is 33.7 Å². The van der Waals surface area contributed by atoms with E-state index in [1.807, 2.05) is 16.9 Å². The minimum Gasteiger partial charge on any atom is -0.233 e. The summed E-state index contributed by atoms with van der Waals surface area (Å²) < 4.78 is 43.4. The lowest BCUT2D eigenvalue weighted by atomic mass is 9.70. The lowest BCUT2D eigenvalue weighted by molar-refractivity contribution is 0.228. The highest BCUT2D eigenvalue weighted by Gasteiger charge is 2.47. The zero-order chi connectivity index (χ0) is 25.7. The van der Waals surface area contributed by atoms with E-state index in [2.05, 4.69) is 18.1 Å². The van der Waals surface area contributed by atoms with E-state index in [0.29, 0.717) is 6.42 Å². The lowest BCUT2D eigenvalue weighted by Gasteiger charge is -2.37. The molecule has 1 heterocycles. The van der Waals surface area contributed by atoms with E-state index in [4.69, 9.17) is 23.2 Å². The van der Waals surface area contributed by atoms with Crippen molar-refractivity contribution < 1.29 is 12.8 Å². The first-order valence-corrected chi connectivity index (χ1v) is 13.7. The molecule has 0 unspecified atom stereocenters. The van der Waals surface area contributed by atoms with E-state index < -0.39 is 10.0 Å². The molecule has 6 nitrogen and oxygen atoms in total. The summed E-state index contributed by atoms with van der Waals surface area (Å²) in [6.07, 6.45) is 6.25. The SMILES string of the molecule is C[C@]12Cc3cnn(-c4ccc(F)cc4)c3C=C1CC[C@@H]2CN(CC#N)S(=O)(=O)c1cccc(Cl)c1Cl. The smallest absolute Gasteiger partial charge is 0.233 e. The normalized spacial score (nSPS) is 21.1. The Bertz CT molecular complexity index is 1510. The van der Waals surface area contributed by atoms with Gasteiger partial charge in [-0.05, 0) is 78.6 Å². The fourth-order valence-electron chi connectivity index (χ4n) is 5.41. The number of halogens is 3. The lowest BCUT2D eigenvalue weighted by Crippen LogP contribution is -2.41.